The lowest BCUT2D eigenvalue weighted by atomic mass is 9.86. The zero-order valence-electron chi connectivity index (χ0n) is 17.9. The largest absolute Gasteiger partial charge is 0.350 e. The molecule has 2 aliphatic heterocycles. The summed E-state index contributed by atoms with van der Waals surface area (Å²) in [7, 11) is -3.57. The molecule has 8 heteroatoms. The minimum Gasteiger partial charge on any atom is -0.350 e. The number of nitrogens with zero attached hydrogens (tertiary/aromatic N) is 2. The van der Waals surface area contributed by atoms with Gasteiger partial charge in [-0.25, -0.2) is 8.42 Å². The van der Waals surface area contributed by atoms with E-state index in [1.54, 1.807) is 32.0 Å². The van der Waals surface area contributed by atoms with Crippen molar-refractivity contribution in [3.8, 4) is 0 Å². The van der Waals surface area contributed by atoms with Crippen LogP contribution in [0, 0.1) is 0 Å². The van der Waals surface area contributed by atoms with Crippen LogP contribution >= 0.6 is 0 Å². The maximum Gasteiger partial charge on any atom is 0.243 e. The van der Waals surface area contributed by atoms with Gasteiger partial charge in [-0.1, -0.05) is 6.92 Å². The smallest absolute Gasteiger partial charge is 0.243 e. The summed E-state index contributed by atoms with van der Waals surface area (Å²) < 4.78 is 27.4. The van der Waals surface area contributed by atoms with Gasteiger partial charge in [-0.2, -0.15) is 4.31 Å². The molecular formula is C21H31N3O4S. The summed E-state index contributed by atoms with van der Waals surface area (Å²) in [6.07, 6.45) is 2.50. The van der Waals surface area contributed by atoms with E-state index in [-0.39, 0.29) is 28.8 Å². The zero-order valence-corrected chi connectivity index (χ0v) is 18.7. The lowest BCUT2D eigenvalue weighted by Crippen LogP contribution is -2.49. The average molecular weight is 422 g/mol. The number of carbonyl (C=O) groups is 2. The fraction of sp³-hybridized carbons (Fsp3) is 0.619. The molecule has 1 aromatic carbocycles. The Hall–Kier alpha value is -1.93. The van der Waals surface area contributed by atoms with Crippen molar-refractivity contribution in [2.45, 2.75) is 69.7 Å². The van der Waals surface area contributed by atoms with Crippen molar-refractivity contribution in [3.05, 3.63) is 23.8 Å². The standard InChI is InChI=1S/C21H31N3O4S/c1-6-20(2,3)22-18(25)14-24-17-10-9-15(13-16(17)21(4,5)19(24)26)29(27,28)23-11-7-8-12-23/h9-10,13H,6-8,11-12,14H2,1-5H3,(H,22,25). The molecule has 3 rings (SSSR count). The van der Waals surface area contributed by atoms with Gasteiger partial charge in [0.2, 0.25) is 21.8 Å². The van der Waals surface area contributed by atoms with Crippen LogP contribution in [0.15, 0.2) is 23.1 Å². The van der Waals surface area contributed by atoms with Gasteiger partial charge in [-0.15, -0.1) is 0 Å². The summed E-state index contributed by atoms with van der Waals surface area (Å²) in [5, 5.41) is 2.95. The molecule has 29 heavy (non-hydrogen) atoms. The number of benzene rings is 1. The molecule has 1 fully saturated rings. The molecule has 1 aromatic rings. The van der Waals surface area contributed by atoms with Crippen molar-refractivity contribution in [1.29, 1.82) is 0 Å². The van der Waals surface area contributed by atoms with Gasteiger partial charge < -0.3 is 10.2 Å². The van der Waals surface area contributed by atoms with Gasteiger partial charge in [0.05, 0.1) is 10.3 Å². The SMILES string of the molecule is CCC(C)(C)NC(=O)CN1C(=O)C(C)(C)c2cc(S(=O)(=O)N3CCCC3)ccc21. The van der Waals surface area contributed by atoms with Crippen LogP contribution < -0.4 is 10.2 Å². The normalized spacial score (nSPS) is 19.5. The Kier molecular flexibility index (Phi) is 5.55. The van der Waals surface area contributed by atoms with Gasteiger partial charge in [-0.05, 0) is 70.7 Å². The highest BCUT2D eigenvalue weighted by molar-refractivity contribution is 7.89. The highest BCUT2D eigenvalue weighted by Gasteiger charge is 2.45. The van der Waals surface area contributed by atoms with Crippen LogP contribution in [0.3, 0.4) is 0 Å². The first kappa shape index (κ1) is 21.8. The fourth-order valence-electron chi connectivity index (χ4n) is 3.86. The molecule has 0 saturated carbocycles. The van der Waals surface area contributed by atoms with E-state index in [2.05, 4.69) is 5.32 Å². The van der Waals surface area contributed by atoms with Crippen molar-refractivity contribution >= 4 is 27.5 Å². The number of fused-ring (bicyclic) bond motifs is 1. The molecule has 0 spiro atoms. The van der Waals surface area contributed by atoms with E-state index in [0.717, 1.165) is 19.3 Å². The van der Waals surface area contributed by atoms with Crippen LogP contribution in [-0.2, 0) is 25.0 Å². The first-order valence-electron chi connectivity index (χ1n) is 10.2. The number of hydrogen-bond acceptors (Lipinski definition) is 4. The van der Waals surface area contributed by atoms with E-state index in [9.17, 15) is 18.0 Å². The average Bonchev–Trinajstić information content (AvgIpc) is 3.25. The molecule has 160 valence electrons. The number of rotatable bonds is 6. The number of sulfonamides is 1. The Balaban J connectivity index is 1.92. The quantitative estimate of drug-likeness (QED) is 0.764. The monoisotopic (exact) mass is 421 g/mol. The second kappa shape index (κ2) is 7.40. The maximum absolute atomic E-state index is 13.1. The Bertz CT molecular complexity index is 931. The third-order valence-corrected chi connectivity index (χ3v) is 7.97. The highest BCUT2D eigenvalue weighted by atomic mass is 32.2. The van der Waals surface area contributed by atoms with Crippen LogP contribution in [0.4, 0.5) is 5.69 Å². The van der Waals surface area contributed by atoms with Crippen molar-refractivity contribution in [1.82, 2.24) is 9.62 Å². The number of nitrogens with one attached hydrogen (secondary N) is 1. The lowest BCUT2D eigenvalue weighted by molar-refractivity contribution is -0.126. The third kappa shape index (κ3) is 3.92. The lowest BCUT2D eigenvalue weighted by Gasteiger charge is -2.27. The minimum atomic E-state index is -3.57. The molecule has 0 bridgehead atoms. The molecule has 0 aliphatic carbocycles. The first-order chi connectivity index (χ1) is 13.4. The fourth-order valence-corrected chi connectivity index (χ4v) is 5.40. The Morgan fingerprint density at radius 2 is 1.83 bits per heavy atom. The molecule has 7 nitrogen and oxygen atoms in total. The summed E-state index contributed by atoms with van der Waals surface area (Å²) in [6.45, 7) is 10.4. The predicted molar refractivity (Wildman–Crippen MR) is 112 cm³/mol. The van der Waals surface area contributed by atoms with Crippen LogP contribution in [-0.4, -0.2) is 49.7 Å². The van der Waals surface area contributed by atoms with Crippen LogP contribution in [0.2, 0.25) is 0 Å². The summed E-state index contributed by atoms with van der Waals surface area (Å²) >= 11 is 0. The number of hydrogen-bond donors (Lipinski definition) is 1. The van der Waals surface area contributed by atoms with E-state index in [1.165, 1.54) is 9.21 Å². The summed E-state index contributed by atoms with van der Waals surface area (Å²) in [4.78, 5) is 27.3. The predicted octanol–water partition coefficient (Wildman–Crippen LogP) is 2.40. The minimum absolute atomic E-state index is 0.0864. The van der Waals surface area contributed by atoms with Crippen molar-refractivity contribution in [2.75, 3.05) is 24.5 Å². The molecule has 2 aliphatic rings. The van der Waals surface area contributed by atoms with Gasteiger partial charge in [0.1, 0.15) is 6.54 Å². The summed E-state index contributed by atoms with van der Waals surface area (Å²) in [5.41, 5.74) is -0.00618. The van der Waals surface area contributed by atoms with Crippen LogP contribution in [0.5, 0.6) is 0 Å². The maximum atomic E-state index is 13.1. The van der Waals surface area contributed by atoms with E-state index in [4.69, 9.17) is 0 Å². The molecular weight excluding hydrogens is 390 g/mol. The van der Waals surface area contributed by atoms with E-state index >= 15 is 0 Å². The second-order valence-corrected chi connectivity index (χ2v) is 11.0. The Labute approximate surface area is 173 Å². The highest BCUT2D eigenvalue weighted by Crippen LogP contribution is 2.42. The summed E-state index contributed by atoms with van der Waals surface area (Å²) in [6, 6.07) is 4.81. The van der Waals surface area contributed by atoms with Gasteiger partial charge in [0.25, 0.3) is 0 Å². The van der Waals surface area contributed by atoms with Gasteiger partial charge >= 0.3 is 0 Å². The van der Waals surface area contributed by atoms with Crippen LogP contribution in [0.1, 0.15) is 59.4 Å². The van der Waals surface area contributed by atoms with Gasteiger partial charge in [0, 0.05) is 24.3 Å². The van der Waals surface area contributed by atoms with E-state index in [0.29, 0.717) is 24.3 Å². The number of anilines is 1. The topological polar surface area (TPSA) is 86.8 Å². The molecule has 1 N–H and O–H groups in total. The Morgan fingerprint density at radius 3 is 2.41 bits per heavy atom. The molecule has 2 heterocycles. The molecule has 0 atom stereocenters. The second-order valence-electron chi connectivity index (χ2n) is 9.09. The summed E-state index contributed by atoms with van der Waals surface area (Å²) in [5.74, 6) is -0.435. The zero-order chi connectivity index (χ0) is 21.6. The van der Waals surface area contributed by atoms with Crippen LogP contribution in [0.25, 0.3) is 0 Å². The Morgan fingerprint density at radius 1 is 1.21 bits per heavy atom. The first-order valence-corrected chi connectivity index (χ1v) is 11.6. The van der Waals surface area contributed by atoms with Crippen molar-refractivity contribution in [2.24, 2.45) is 0 Å². The van der Waals surface area contributed by atoms with E-state index < -0.39 is 15.4 Å². The molecule has 0 aromatic heterocycles. The van der Waals surface area contributed by atoms with Crippen molar-refractivity contribution in [3.63, 3.8) is 0 Å². The number of carbonyl (C=O) groups excluding carboxylic acids is 2. The molecule has 0 radical (unpaired) electrons. The third-order valence-electron chi connectivity index (χ3n) is 6.08. The van der Waals surface area contributed by atoms with Gasteiger partial charge in [-0.3, -0.25) is 9.59 Å². The number of amides is 2. The molecule has 2 amide bonds. The molecule has 0 unspecified atom stereocenters. The molecule has 1 saturated heterocycles. The van der Waals surface area contributed by atoms with E-state index in [1.807, 2.05) is 20.8 Å². The van der Waals surface area contributed by atoms with Crippen molar-refractivity contribution < 1.29 is 18.0 Å². The van der Waals surface area contributed by atoms with Gasteiger partial charge in [0.15, 0.2) is 0 Å².